The molecule has 146 valence electrons. The fraction of sp³-hybridized carbons (Fsp3) is 0.364. The molecule has 1 unspecified atom stereocenters. The Kier molecular flexibility index (Phi) is 4.79. The number of para-hydroxylation sites is 2. The van der Waals surface area contributed by atoms with Gasteiger partial charge in [-0.1, -0.05) is 24.3 Å². The van der Waals surface area contributed by atoms with Gasteiger partial charge in [0.1, 0.15) is 11.6 Å². The zero-order valence-corrected chi connectivity index (χ0v) is 15.8. The fourth-order valence-corrected chi connectivity index (χ4v) is 3.92. The molecule has 1 atom stereocenters. The highest BCUT2D eigenvalue weighted by molar-refractivity contribution is 6.00. The van der Waals surface area contributed by atoms with Gasteiger partial charge < -0.3 is 15.0 Å². The standard InChI is InChI=1S/C22H23FN2O3/c1-15-21(27)25(18-5-2-3-6-19(18)28-15)14-11-20(26)24-22(12-4-13-22)16-7-9-17(23)10-8-16/h2-3,5-10,15H,4,11-14H2,1H3,(H,24,26). The Labute approximate surface area is 163 Å². The number of hydrogen-bond acceptors (Lipinski definition) is 3. The molecule has 28 heavy (non-hydrogen) atoms. The monoisotopic (exact) mass is 382 g/mol. The Morgan fingerprint density at radius 3 is 2.61 bits per heavy atom. The summed E-state index contributed by atoms with van der Waals surface area (Å²) in [4.78, 5) is 26.8. The van der Waals surface area contributed by atoms with Crippen LogP contribution in [0.2, 0.25) is 0 Å². The van der Waals surface area contributed by atoms with Crippen LogP contribution in [0, 0.1) is 5.82 Å². The first kappa shape index (κ1) is 18.5. The molecule has 1 N–H and O–H groups in total. The van der Waals surface area contributed by atoms with Gasteiger partial charge in [-0.05, 0) is 56.0 Å². The third-order valence-electron chi connectivity index (χ3n) is 5.62. The van der Waals surface area contributed by atoms with Crippen molar-refractivity contribution in [3.8, 4) is 5.75 Å². The molecule has 2 aromatic rings. The van der Waals surface area contributed by atoms with Gasteiger partial charge in [0.25, 0.3) is 5.91 Å². The molecule has 1 heterocycles. The van der Waals surface area contributed by atoms with E-state index in [1.54, 1.807) is 24.0 Å². The summed E-state index contributed by atoms with van der Waals surface area (Å²) in [6.07, 6.45) is 2.30. The zero-order chi connectivity index (χ0) is 19.7. The first-order valence-corrected chi connectivity index (χ1v) is 9.63. The summed E-state index contributed by atoms with van der Waals surface area (Å²) in [5.41, 5.74) is 1.19. The van der Waals surface area contributed by atoms with Gasteiger partial charge in [0.2, 0.25) is 5.91 Å². The lowest BCUT2D eigenvalue weighted by Gasteiger charge is -2.43. The molecule has 0 spiro atoms. The van der Waals surface area contributed by atoms with E-state index in [0.717, 1.165) is 24.8 Å². The molecule has 0 radical (unpaired) electrons. The van der Waals surface area contributed by atoms with Crippen LogP contribution in [0.15, 0.2) is 48.5 Å². The quantitative estimate of drug-likeness (QED) is 0.861. The van der Waals surface area contributed by atoms with Crippen molar-refractivity contribution in [3.63, 3.8) is 0 Å². The minimum Gasteiger partial charge on any atom is -0.479 e. The second-order valence-corrected chi connectivity index (χ2v) is 7.46. The number of benzene rings is 2. The molecule has 1 fully saturated rings. The number of rotatable bonds is 5. The molecule has 2 aromatic carbocycles. The lowest BCUT2D eigenvalue weighted by molar-refractivity contribution is -0.126. The predicted molar refractivity (Wildman–Crippen MR) is 104 cm³/mol. The summed E-state index contributed by atoms with van der Waals surface area (Å²) in [6.45, 7) is 2.00. The minimum absolute atomic E-state index is 0.117. The van der Waals surface area contributed by atoms with Crippen molar-refractivity contribution in [2.45, 2.75) is 44.2 Å². The average Bonchev–Trinajstić information content (AvgIpc) is 2.66. The van der Waals surface area contributed by atoms with Crippen LogP contribution in [0.5, 0.6) is 5.75 Å². The van der Waals surface area contributed by atoms with Crippen LogP contribution in [0.1, 0.15) is 38.2 Å². The number of halogens is 1. The fourth-order valence-electron chi connectivity index (χ4n) is 3.92. The van der Waals surface area contributed by atoms with Gasteiger partial charge in [0.05, 0.1) is 11.2 Å². The zero-order valence-electron chi connectivity index (χ0n) is 15.8. The van der Waals surface area contributed by atoms with E-state index < -0.39 is 11.6 Å². The van der Waals surface area contributed by atoms with Crippen molar-refractivity contribution in [1.82, 2.24) is 5.32 Å². The number of ether oxygens (including phenoxy) is 1. The van der Waals surface area contributed by atoms with Crippen LogP contribution in [0.25, 0.3) is 0 Å². The number of carbonyl (C=O) groups excluding carboxylic acids is 2. The smallest absolute Gasteiger partial charge is 0.267 e. The SMILES string of the molecule is CC1Oc2ccccc2N(CCC(=O)NC2(c3ccc(F)cc3)CCC2)C1=O. The van der Waals surface area contributed by atoms with E-state index in [2.05, 4.69) is 5.32 Å². The number of hydrogen-bond donors (Lipinski definition) is 1. The number of anilines is 1. The van der Waals surface area contributed by atoms with Crippen LogP contribution in [0.4, 0.5) is 10.1 Å². The molecule has 0 saturated heterocycles. The van der Waals surface area contributed by atoms with Crippen molar-refractivity contribution in [1.29, 1.82) is 0 Å². The van der Waals surface area contributed by atoms with Crippen LogP contribution in [-0.4, -0.2) is 24.5 Å². The Balaban J connectivity index is 1.44. The van der Waals surface area contributed by atoms with Gasteiger partial charge in [-0.25, -0.2) is 4.39 Å². The molecular weight excluding hydrogens is 359 g/mol. The van der Waals surface area contributed by atoms with Gasteiger partial charge in [-0.15, -0.1) is 0 Å². The van der Waals surface area contributed by atoms with Crippen LogP contribution >= 0.6 is 0 Å². The highest BCUT2D eigenvalue weighted by atomic mass is 19.1. The Bertz CT molecular complexity index is 893. The largest absolute Gasteiger partial charge is 0.479 e. The molecule has 1 saturated carbocycles. The normalized spacial score (nSPS) is 20.0. The van der Waals surface area contributed by atoms with E-state index >= 15 is 0 Å². The van der Waals surface area contributed by atoms with E-state index in [1.807, 2.05) is 24.3 Å². The van der Waals surface area contributed by atoms with E-state index in [9.17, 15) is 14.0 Å². The highest BCUT2D eigenvalue weighted by Crippen LogP contribution is 2.41. The molecule has 1 aliphatic carbocycles. The van der Waals surface area contributed by atoms with Gasteiger partial charge >= 0.3 is 0 Å². The van der Waals surface area contributed by atoms with E-state index in [-0.39, 0.29) is 30.6 Å². The predicted octanol–water partition coefficient (Wildman–Crippen LogP) is 3.53. The van der Waals surface area contributed by atoms with Crippen molar-refractivity contribution < 1.29 is 18.7 Å². The van der Waals surface area contributed by atoms with Crippen molar-refractivity contribution in [3.05, 3.63) is 59.9 Å². The van der Waals surface area contributed by atoms with Crippen LogP contribution in [-0.2, 0) is 15.1 Å². The maximum absolute atomic E-state index is 13.2. The lowest BCUT2D eigenvalue weighted by atomic mass is 9.71. The summed E-state index contributed by atoms with van der Waals surface area (Å²) < 4.78 is 18.9. The second kappa shape index (κ2) is 7.26. The Morgan fingerprint density at radius 1 is 1.21 bits per heavy atom. The van der Waals surface area contributed by atoms with Gasteiger partial charge in [-0.3, -0.25) is 9.59 Å². The summed E-state index contributed by atoms with van der Waals surface area (Å²) >= 11 is 0. The number of fused-ring (bicyclic) bond motifs is 1. The van der Waals surface area contributed by atoms with Gasteiger partial charge in [0, 0.05) is 13.0 Å². The summed E-state index contributed by atoms with van der Waals surface area (Å²) in [6, 6.07) is 13.7. The molecule has 4 rings (SSSR count). The molecular formula is C22H23FN2O3. The molecule has 0 aromatic heterocycles. The first-order valence-electron chi connectivity index (χ1n) is 9.63. The van der Waals surface area contributed by atoms with Crippen LogP contribution in [0.3, 0.4) is 0 Å². The second-order valence-electron chi connectivity index (χ2n) is 7.46. The summed E-state index contributed by atoms with van der Waals surface area (Å²) in [5.74, 6) is 0.0943. The van der Waals surface area contributed by atoms with E-state index in [4.69, 9.17) is 4.74 Å². The Morgan fingerprint density at radius 2 is 1.93 bits per heavy atom. The minimum atomic E-state index is -0.574. The molecule has 0 bridgehead atoms. The van der Waals surface area contributed by atoms with E-state index in [0.29, 0.717) is 11.4 Å². The number of amides is 2. The number of nitrogens with one attached hydrogen (secondary N) is 1. The third kappa shape index (κ3) is 3.35. The van der Waals surface area contributed by atoms with E-state index in [1.165, 1.54) is 12.1 Å². The molecule has 2 amide bonds. The number of nitrogens with zero attached hydrogens (tertiary/aromatic N) is 1. The molecule has 2 aliphatic rings. The molecule has 6 heteroatoms. The number of carbonyl (C=O) groups is 2. The topological polar surface area (TPSA) is 58.6 Å². The van der Waals surface area contributed by atoms with Crippen molar-refractivity contribution >= 4 is 17.5 Å². The maximum atomic E-state index is 13.2. The average molecular weight is 382 g/mol. The summed E-state index contributed by atoms with van der Waals surface area (Å²) in [5, 5.41) is 3.12. The van der Waals surface area contributed by atoms with Crippen molar-refractivity contribution in [2.75, 3.05) is 11.4 Å². The maximum Gasteiger partial charge on any atom is 0.267 e. The van der Waals surface area contributed by atoms with Gasteiger partial charge in [0.15, 0.2) is 6.10 Å². The van der Waals surface area contributed by atoms with Gasteiger partial charge in [-0.2, -0.15) is 0 Å². The third-order valence-corrected chi connectivity index (χ3v) is 5.62. The highest BCUT2D eigenvalue weighted by Gasteiger charge is 2.40. The van der Waals surface area contributed by atoms with Crippen molar-refractivity contribution in [2.24, 2.45) is 0 Å². The molecule has 5 nitrogen and oxygen atoms in total. The molecule has 1 aliphatic heterocycles. The summed E-state index contributed by atoms with van der Waals surface area (Å²) in [7, 11) is 0. The first-order chi connectivity index (χ1) is 13.5. The van der Waals surface area contributed by atoms with Crippen LogP contribution < -0.4 is 15.0 Å². The Hall–Kier alpha value is -2.89. The lowest BCUT2D eigenvalue weighted by Crippen LogP contribution is -2.52.